The summed E-state index contributed by atoms with van der Waals surface area (Å²) < 4.78 is 19.3. The Bertz CT molecular complexity index is 744. The quantitative estimate of drug-likeness (QED) is 0.735. The predicted molar refractivity (Wildman–Crippen MR) is 96.1 cm³/mol. The largest absolute Gasteiger partial charge is 0.495 e. The van der Waals surface area contributed by atoms with Crippen molar-refractivity contribution in [3.05, 3.63) is 63.9 Å². The van der Waals surface area contributed by atoms with Gasteiger partial charge in [-0.25, -0.2) is 4.39 Å². The van der Waals surface area contributed by atoms with E-state index >= 15 is 0 Å². The predicted octanol–water partition coefficient (Wildman–Crippen LogP) is 5.21. The van der Waals surface area contributed by atoms with Crippen molar-refractivity contribution in [3.63, 3.8) is 0 Å². The molecule has 3 rings (SSSR count). The summed E-state index contributed by atoms with van der Waals surface area (Å²) in [7, 11) is 1.63. The molecule has 1 aliphatic rings. The van der Waals surface area contributed by atoms with Crippen LogP contribution in [0.15, 0.2) is 36.4 Å². The van der Waals surface area contributed by atoms with Crippen molar-refractivity contribution < 1.29 is 9.13 Å². The second kappa shape index (κ2) is 6.73. The number of ether oxygens (including phenoxy) is 1. The van der Waals surface area contributed by atoms with Gasteiger partial charge in [-0.2, -0.15) is 0 Å². The van der Waals surface area contributed by atoms with Crippen LogP contribution < -0.4 is 4.74 Å². The van der Waals surface area contributed by atoms with Crippen molar-refractivity contribution in [2.45, 2.75) is 45.3 Å². The Morgan fingerprint density at radius 3 is 2.71 bits per heavy atom. The van der Waals surface area contributed by atoms with Crippen LogP contribution in [0.5, 0.6) is 5.75 Å². The van der Waals surface area contributed by atoms with Crippen molar-refractivity contribution in [1.82, 2.24) is 4.90 Å². The van der Waals surface area contributed by atoms with Gasteiger partial charge >= 0.3 is 0 Å². The number of benzene rings is 2. The fourth-order valence-corrected chi connectivity index (χ4v) is 3.47. The summed E-state index contributed by atoms with van der Waals surface area (Å²) in [5.41, 5.74) is 3.14. The van der Waals surface area contributed by atoms with E-state index in [1.165, 1.54) is 5.56 Å². The molecule has 0 fully saturated rings. The van der Waals surface area contributed by atoms with E-state index in [0.29, 0.717) is 17.3 Å². The summed E-state index contributed by atoms with van der Waals surface area (Å²) in [6.45, 7) is 5.94. The maximum atomic E-state index is 14.0. The molecule has 0 aromatic heterocycles. The molecule has 4 heteroatoms. The van der Waals surface area contributed by atoms with Gasteiger partial charge in [0.25, 0.3) is 0 Å². The van der Waals surface area contributed by atoms with Crippen molar-refractivity contribution in [3.8, 4) is 5.75 Å². The first-order chi connectivity index (χ1) is 11.4. The SMILES string of the molecule is COc1cc(CCC(C)(C)N2Cc3cccc(F)c3C2)ccc1Cl. The van der Waals surface area contributed by atoms with E-state index < -0.39 is 0 Å². The van der Waals surface area contributed by atoms with E-state index in [-0.39, 0.29) is 11.4 Å². The van der Waals surface area contributed by atoms with Gasteiger partial charge in [-0.05, 0) is 56.0 Å². The van der Waals surface area contributed by atoms with Gasteiger partial charge in [0.2, 0.25) is 0 Å². The van der Waals surface area contributed by atoms with Gasteiger partial charge in [0.1, 0.15) is 11.6 Å². The van der Waals surface area contributed by atoms with E-state index in [1.54, 1.807) is 19.2 Å². The molecule has 2 aromatic rings. The third-order valence-electron chi connectivity index (χ3n) is 5.02. The fourth-order valence-electron chi connectivity index (χ4n) is 3.28. The van der Waals surface area contributed by atoms with Gasteiger partial charge < -0.3 is 4.74 Å². The van der Waals surface area contributed by atoms with E-state index in [9.17, 15) is 4.39 Å². The average molecular weight is 348 g/mol. The third-order valence-corrected chi connectivity index (χ3v) is 5.34. The van der Waals surface area contributed by atoms with Gasteiger partial charge in [0.05, 0.1) is 12.1 Å². The van der Waals surface area contributed by atoms with Crippen LogP contribution in [0, 0.1) is 5.82 Å². The van der Waals surface area contributed by atoms with Crippen molar-refractivity contribution in [2.24, 2.45) is 0 Å². The molecule has 0 amide bonds. The molecule has 0 spiro atoms. The molecule has 0 bridgehead atoms. The maximum absolute atomic E-state index is 14.0. The van der Waals surface area contributed by atoms with Crippen LogP contribution in [0.4, 0.5) is 4.39 Å². The summed E-state index contributed by atoms with van der Waals surface area (Å²) in [4.78, 5) is 2.36. The molecule has 1 aliphatic heterocycles. The molecule has 1 heterocycles. The number of methoxy groups -OCH3 is 1. The van der Waals surface area contributed by atoms with Crippen LogP contribution in [0.25, 0.3) is 0 Å². The number of fused-ring (bicyclic) bond motifs is 1. The molecule has 24 heavy (non-hydrogen) atoms. The van der Waals surface area contributed by atoms with Crippen LogP contribution >= 0.6 is 11.6 Å². The van der Waals surface area contributed by atoms with Crippen molar-refractivity contribution in [1.29, 1.82) is 0 Å². The number of hydrogen-bond acceptors (Lipinski definition) is 2. The fraction of sp³-hybridized carbons (Fsp3) is 0.400. The molecule has 0 saturated carbocycles. The highest BCUT2D eigenvalue weighted by molar-refractivity contribution is 6.32. The molecular formula is C20H23ClFNO. The van der Waals surface area contributed by atoms with Gasteiger partial charge in [-0.15, -0.1) is 0 Å². The van der Waals surface area contributed by atoms with Crippen molar-refractivity contribution in [2.75, 3.05) is 7.11 Å². The molecular weight excluding hydrogens is 325 g/mol. The summed E-state index contributed by atoms with van der Waals surface area (Å²) in [5.74, 6) is 0.621. The number of aryl methyl sites for hydroxylation is 1. The Labute approximate surface area is 148 Å². The third kappa shape index (κ3) is 3.42. The zero-order chi connectivity index (χ0) is 17.3. The number of rotatable bonds is 5. The second-order valence-electron chi connectivity index (χ2n) is 7.01. The lowest BCUT2D eigenvalue weighted by Gasteiger charge is -2.35. The first kappa shape index (κ1) is 17.2. The first-order valence-corrected chi connectivity index (χ1v) is 8.62. The van der Waals surface area contributed by atoms with Crippen LogP contribution in [0.1, 0.15) is 37.0 Å². The molecule has 2 nitrogen and oxygen atoms in total. The number of hydrogen-bond donors (Lipinski definition) is 0. The van der Waals surface area contributed by atoms with Crippen molar-refractivity contribution >= 4 is 11.6 Å². The van der Waals surface area contributed by atoms with E-state index in [0.717, 1.165) is 30.5 Å². The van der Waals surface area contributed by atoms with E-state index in [1.807, 2.05) is 24.3 Å². The molecule has 0 N–H and O–H groups in total. The molecule has 0 radical (unpaired) electrons. The Morgan fingerprint density at radius 2 is 2.00 bits per heavy atom. The Balaban J connectivity index is 1.68. The van der Waals surface area contributed by atoms with Gasteiger partial charge in [0, 0.05) is 24.2 Å². The lowest BCUT2D eigenvalue weighted by Crippen LogP contribution is -2.40. The molecule has 0 atom stereocenters. The van der Waals surface area contributed by atoms with Crippen LogP contribution in [0.3, 0.4) is 0 Å². The molecule has 128 valence electrons. The lowest BCUT2D eigenvalue weighted by molar-refractivity contribution is 0.109. The summed E-state index contributed by atoms with van der Waals surface area (Å²) in [6, 6.07) is 11.3. The number of halogens is 2. The Morgan fingerprint density at radius 1 is 1.21 bits per heavy atom. The maximum Gasteiger partial charge on any atom is 0.137 e. The highest BCUT2D eigenvalue weighted by atomic mass is 35.5. The first-order valence-electron chi connectivity index (χ1n) is 8.24. The number of nitrogens with zero attached hydrogens (tertiary/aromatic N) is 1. The minimum absolute atomic E-state index is 0.0155. The lowest BCUT2D eigenvalue weighted by atomic mass is 9.93. The van der Waals surface area contributed by atoms with Crippen LogP contribution in [-0.2, 0) is 19.5 Å². The van der Waals surface area contributed by atoms with E-state index in [4.69, 9.17) is 16.3 Å². The Kier molecular flexibility index (Phi) is 4.84. The smallest absolute Gasteiger partial charge is 0.137 e. The van der Waals surface area contributed by atoms with Crippen LogP contribution in [-0.4, -0.2) is 17.5 Å². The standard InChI is InChI=1S/C20H23ClFNO/c1-20(2,10-9-14-7-8-17(21)19(11-14)24-3)23-12-15-5-4-6-18(22)16(15)13-23/h4-8,11H,9-10,12-13H2,1-3H3. The Hall–Kier alpha value is -1.58. The topological polar surface area (TPSA) is 12.5 Å². The zero-order valence-corrected chi connectivity index (χ0v) is 15.2. The van der Waals surface area contributed by atoms with Crippen LogP contribution in [0.2, 0.25) is 5.02 Å². The summed E-state index contributed by atoms with van der Waals surface area (Å²) >= 11 is 6.09. The van der Waals surface area contributed by atoms with Gasteiger partial charge in [-0.1, -0.05) is 29.8 Å². The average Bonchev–Trinajstić information content (AvgIpc) is 3.01. The second-order valence-corrected chi connectivity index (χ2v) is 7.42. The minimum atomic E-state index is -0.0896. The summed E-state index contributed by atoms with van der Waals surface area (Å²) in [6.07, 6.45) is 1.91. The molecule has 0 unspecified atom stereocenters. The zero-order valence-electron chi connectivity index (χ0n) is 14.4. The van der Waals surface area contributed by atoms with Gasteiger partial charge in [0.15, 0.2) is 0 Å². The van der Waals surface area contributed by atoms with Gasteiger partial charge in [-0.3, -0.25) is 4.90 Å². The highest BCUT2D eigenvalue weighted by Crippen LogP contribution is 2.34. The summed E-state index contributed by atoms with van der Waals surface area (Å²) in [5, 5.41) is 0.631. The molecule has 0 aliphatic carbocycles. The molecule has 0 saturated heterocycles. The van der Waals surface area contributed by atoms with E-state index in [2.05, 4.69) is 18.7 Å². The molecule has 2 aromatic carbocycles. The normalized spacial score (nSPS) is 14.7. The minimum Gasteiger partial charge on any atom is -0.495 e. The highest BCUT2D eigenvalue weighted by Gasteiger charge is 2.32. The monoisotopic (exact) mass is 347 g/mol.